The van der Waals surface area contributed by atoms with Gasteiger partial charge < -0.3 is 10.2 Å². The van der Waals surface area contributed by atoms with Crippen molar-refractivity contribution in [1.29, 1.82) is 0 Å². The maximum Gasteiger partial charge on any atom is 0.223 e. The molecule has 0 aliphatic rings. The minimum absolute atomic E-state index is 0.166. The maximum atomic E-state index is 10.9. The summed E-state index contributed by atoms with van der Waals surface area (Å²) in [4.78, 5) is 10.9. The van der Waals surface area contributed by atoms with Crippen molar-refractivity contribution in [3.05, 3.63) is 0 Å². The zero-order chi connectivity index (χ0) is 13.9. The molecule has 0 saturated heterocycles. The summed E-state index contributed by atoms with van der Waals surface area (Å²) in [5.74, 6) is -2.65. The first-order chi connectivity index (χ1) is 8.50. The molecule has 0 saturated carbocycles. The number of Topliss-reactive ketones (excluding diaryl/α,β-unsaturated/α-hetero) is 1. The van der Waals surface area contributed by atoms with Crippen LogP contribution in [0, 0.1) is 0 Å². The molecule has 3 nitrogen and oxygen atoms in total. The average Bonchev–Trinajstić information content (AvgIpc) is 2.31. The summed E-state index contributed by atoms with van der Waals surface area (Å²) in [6.07, 6.45) is 12.1. The molecular formula is C15H30O3. The molecule has 0 fully saturated rings. The lowest BCUT2D eigenvalue weighted by molar-refractivity contribution is -0.183. The van der Waals surface area contributed by atoms with Crippen LogP contribution in [0.15, 0.2) is 0 Å². The molecule has 0 aromatic carbocycles. The highest BCUT2D eigenvalue weighted by atomic mass is 16.5. The summed E-state index contributed by atoms with van der Waals surface area (Å²) >= 11 is 0. The molecule has 3 heteroatoms. The normalized spacial score (nSPS) is 11.8. The number of carbonyl (C=O) groups excluding carboxylic acids is 1. The molecule has 0 aromatic rings. The molecule has 0 aromatic heterocycles. The molecule has 18 heavy (non-hydrogen) atoms. The van der Waals surface area contributed by atoms with E-state index < -0.39 is 11.6 Å². The fourth-order valence-electron chi connectivity index (χ4n) is 2.03. The van der Waals surface area contributed by atoms with Crippen molar-refractivity contribution in [2.24, 2.45) is 0 Å². The van der Waals surface area contributed by atoms with Crippen molar-refractivity contribution >= 4 is 5.78 Å². The zero-order valence-corrected chi connectivity index (χ0v) is 12.1. The van der Waals surface area contributed by atoms with Gasteiger partial charge >= 0.3 is 0 Å². The van der Waals surface area contributed by atoms with Gasteiger partial charge in [0.1, 0.15) is 0 Å². The molecule has 0 heterocycles. The Labute approximate surface area is 112 Å². The van der Waals surface area contributed by atoms with E-state index in [-0.39, 0.29) is 6.42 Å². The monoisotopic (exact) mass is 258 g/mol. The summed E-state index contributed by atoms with van der Waals surface area (Å²) in [6, 6.07) is 0. The third kappa shape index (κ3) is 9.60. The average molecular weight is 258 g/mol. The summed E-state index contributed by atoms with van der Waals surface area (Å²) in [6.45, 7) is 3.44. The Kier molecular flexibility index (Phi) is 10.3. The van der Waals surface area contributed by atoms with Crippen molar-refractivity contribution < 1.29 is 15.0 Å². The van der Waals surface area contributed by atoms with Crippen LogP contribution in [-0.2, 0) is 4.79 Å². The van der Waals surface area contributed by atoms with E-state index >= 15 is 0 Å². The lowest BCUT2D eigenvalue weighted by Crippen LogP contribution is -2.36. The Morgan fingerprint density at radius 3 is 1.61 bits per heavy atom. The van der Waals surface area contributed by atoms with Gasteiger partial charge in [-0.25, -0.2) is 0 Å². The Bertz CT molecular complexity index is 212. The Morgan fingerprint density at radius 1 is 0.833 bits per heavy atom. The van der Waals surface area contributed by atoms with Crippen LogP contribution in [0.2, 0.25) is 0 Å². The quantitative estimate of drug-likeness (QED) is 0.415. The molecular weight excluding hydrogens is 228 g/mol. The highest BCUT2D eigenvalue weighted by Gasteiger charge is 2.27. The minimum atomic E-state index is -2.10. The zero-order valence-electron chi connectivity index (χ0n) is 12.1. The first kappa shape index (κ1) is 17.6. The van der Waals surface area contributed by atoms with Crippen molar-refractivity contribution in [2.75, 3.05) is 0 Å². The van der Waals surface area contributed by atoms with Crippen molar-refractivity contribution in [3.8, 4) is 0 Å². The summed E-state index contributed by atoms with van der Waals surface area (Å²) < 4.78 is 0. The molecule has 0 aliphatic carbocycles. The maximum absolute atomic E-state index is 10.9. The van der Waals surface area contributed by atoms with Crippen LogP contribution in [-0.4, -0.2) is 21.8 Å². The van der Waals surface area contributed by atoms with Gasteiger partial charge in [0, 0.05) is 13.3 Å². The van der Waals surface area contributed by atoms with Crippen LogP contribution in [0.4, 0.5) is 0 Å². The molecule has 2 N–H and O–H groups in total. The van der Waals surface area contributed by atoms with Gasteiger partial charge in [0.15, 0.2) is 5.78 Å². The van der Waals surface area contributed by atoms with E-state index in [1.807, 2.05) is 0 Å². The van der Waals surface area contributed by atoms with Crippen LogP contribution in [0.3, 0.4) is 0 Å². The molecule has 0 radical (unpaired) electrons. The first-order valence-electron chi connectivity index (χ1n) is 7.46. The number of hydrogen-bond acceptors (Lipinski definition) is 3. The van der Waals surface area contributed by atoms with Gasteiger partial charge in [-0.1, -0.05) is 64.7 Å². The number of hydrogen-bond donors (Lipinski definition) is 2. The summed E-state index contributed by atoms with van der Waals surface area (Å²) in [7, 11) is 0. The lowest BCUT2D eigenvalue weighted by atomic mass is 10.0. The minimum Gasteiger partial charge on any atom is -0.360 e. The lowest BCUT2D eigenvalue weighted by Gasteiger charge is -2.17. The standard InChI is InChI=1S/C15H30O3/c1-3-4-5-6-7-8-9-10-11-12-13-15(17,18)14(2)16/h17-18H,3-13H2,1-2H3. The van der Waals surface area contributed by atoms with Gasteiger partial charge in [0.25, 0.3) is 0 Å². The van der Waals surface area contributed by atoms with E-state index in [4.69, 9.17) is 0 Å². The van der Waals surface area contributed by atoms with E-state index in [0.29, 0.717) is 6.42 Å². The second-order valence-electron chi connectivity index (χ2n) is 5.30. The fourth-order valence-corrected chi connectivity index (χ4v) is 2.03. The molecule has 0 unspecified atom stereocenters. The third-order valence-electron chi connectivity index (χ3n) is 3.44. The second-order valence-corrected chi connectivity index (χ2v) is 5.30. The van der Waals surface area contributed by atoms with Crippen LogP contribution < -0.4 is 0 Å². The molecule has 0 rings (SSSR count). The number of aliphatic hydroxyl groups is 2. The highest BCUT2D eigenvalue weighted by Crippen LogP contribution is 2.15. The summed E-state index contributed by atoms with van der Waals surface area (Å²) in [5, 5.41) is 18.6. The molecule has 0 bridgehead atoms. The van der Waals surface area contributed by atoms with Crippen LogP contribution in [0.25, 0.3) is 0 Å². The number of carbonyl (C=O) groups is 1. The van der Waals surface area contributed by atoms with Crippen LogP contribution in [0.1, 0.15) is 84.5 Å². The van der Waals surface area contributed by atoms with Gasteiger partial charge in [0.2, 0.25) is 5.79 Å². The Hall–Kier alpha value is -0.410. The van der Waals surface area contributed by atoms with E-state index in [1.165, 1.54) is 51.9 Å². The van der Waals surface area contributed by atoms with Crippen LogP contribution in [0.5, 0.6) is 0 Å². The summed E-state index contributed by atoms with van der Waals surface area (Å²) in [5.41, 5.74) is 0. The van der Waals surface area contributed by atoms with Crippen molar-refractivity contribution in [2.45, 2.75) is 90.3 Å². The van der Waals surface area contributed by atoms with Gasteiger partial charge in [0.05, 0.1) is 0 Å². The number of rotatable bonds is 12. The predicted octanol–water partition coefficient (Wildman–Crippen LogP) is 3.57. The molecule has 0 amide bonds. The molecule has 0 spiro atoms. The molecule has 0 aliphatic heterocycles. The Morgan fingerprint density at radius 2 is 1.22 bits per heavy atom. The SMILES string of the molecule is CCCCCCCCCCCCC(O)(O)C(C)=O. The van der Waals surface area contributed by atoms with Crippen molar-refractivity contribution in [1.82, 2.24) is 0 Å². The van der Waals surface area contributed by atoms with E-state index in [0.717, 1.165) is 12.8 Å². The second kappa shape index (κ2) is 10.5. The van der Waals surface area contributed by atoms with Crippen molar-refractivity contribution in [3.63, 3.8) is 0 Å². The third-order valence-corrected chi connectivity index (χ3v) is 3.44. The van der Waals surface area contributed by atoms with Crippen LogP contribution >= 0.6 is 0 Å². The topological polar surface area (TPSA) is 57.5 Å². The van der Waals surface area contributed by atoms with Gasteiger partial charge in [-0.05, 0) is 6.42 Å². The van der Waals surface area contributed by atoms with E-state index in [2.05, 4.69) is 6.92 Å². The van der Waals surface area contributed by atoms with E-state index in [9.17, 15) is 15.0 Å². The largest absolute Gasteiger partial charge is 0.360 e. The smallest absolute Gasteiger partial charge is 0.223 e. The number of unbranched alkanes of at least 4 members (excludes halogenated alkanes) is 9. The highest BCUT2D eigenvalue weighted by molar-refractivity contribution is 5.82. The van der Waals surface area contributed by atoms with Gasteiger partial charge in [-0.3, -0.25) is 4.79 Å². The van der Waals surface area contributed by atoms with Gasteiger partial charge in [-0.2, -0.15) is 0 Å². The Balaban J connectivity index is 3.24. The molecule has 0 atom stereocenters. The van der Waals surface area contributed by atoms with Gasteiger partial charge in [-0.15, -0.1) is 0 Å². The molecule has 108 valence electrons. The first-order valence-corrected chi connectivity index (χ1v) is 7.46. The predicted molar refractivity (Wildman–Crippen MR) is 74.3 cm³/mol. The van der Waals surface area contributed by atoms with E-state index in [1.54, 1.807) is 0 Å². The fraction of sp³-hybridized carbons (Fsp3) is 0.933. The number of ketones is 1.